The molecule has 0 aliphatic heterocycles. The Kier molecular flexibility index (Phi) is 17.5. The Bertz CT molecular complexity index is 789. The van der Waals surface area contributed by atoms with Crippen molar-refractivity contribution in [2.24, 2.45) is 0 Å². The van der Waals surface area contributed by atoms with Crippen molar-refractivity contribution in [3.8, 4) is 17.0 Å². The summed E-state index contributed by atoms with van der Waals surface area (Å²) in [7, 11) is 0. The summed E-state index contributed by atoms with van der Waals surface area (Å²) in [4.78, 5) is 4.70. The molecule has 2 nitrogen and oxygen atoms in total. The molecule has 0 atom stereocenters. The minimum atomic E-state index is 0.671. The number of hydrogen-bond acceptors (Lipinski definition) is 2. The number of benzene rings is 1. The van der Waals surface area contributed by atoms with Gasteiger partial charge in [-0.2, -0.15) is 0 Å². The first kappa shape index (κ1) is 30.7. The van der Waals surface area contributed by atoms with E-state index in [9.17, 15) is 0 Å². The molecule has 0 unspecified atom stereocenters. The monoisotopic (exact) mass is 513 g/mol. The van der Waals surface area contributed by atoms with Crippen molar-refractivity contribution in [3.63, 3.8) is 0 Å². The lowest BCUT2D eigenvalue weighted by molar-refractivity contribution is 0.304. The molecule has 0 saturated heterocycles. The second-order valence-electron chi connectivity index (χ2n) is 10.5. The lowest BCUT2D eigenvalue weighted by Crippen LogP contribution is -1.98. The van der Waals surface area contributed by atoms with Crippen LogP contribution in [0.1, 0.15) is 135 Å². The van der Waals surface area contributed by atoms with Crippen molar-refractivity contribution in [1.29, 1.82) is 0 Å². The van der Waals surface area contributed by atoms with E-state index in [4.69, 9.17) is 21.3 Å². The smallest absolute Gasteiger partial charge is 0.137 e. The number of hydrogen-bond donors (Lipinski definition) is 0. The van der Waals surface area contributed by atoms with Crippen LogP contribution in [0.4, 0.5) is 0 Å². The Balaban J connectivity index is 1.60. The average Bonchev–Trinajstić information content (AvgIpc) is 2.90. The molecule has 0 N–H and O–H groups in total. The van der Waals surface area contributed by atoms with Crippen LogP contribution in [0.15, 0.2) is 36.5 Å². The molecule has 2 rings (SSSR count). The number of halogens is 1. The normalized spacial score (nSPS) is 11.2. The molecule has 0 aliphatic rings. The maximum Gasteiger partial charge on any atom is 0.137 e. The number of ether oxygens (including phenoxy) is 1. The number of nitrogens with zero attached hydrogens (tertiary/aromatic N) is 1. The van der Waals surface area contributed by atoms with Gasteiger partial charge in [0.05, 0.1) is 17.3 Å². The van der Waals surface area contributed by atoms with Gasteiger partial charge in [-0.1, -0.05) is 134 Å². The first-order chi connectivity index (χ1) is 17.7. The molecule has 0 radical (unpaired) electrons. The topological polar surface area (TPSA) is 22.1 Å². The lowest BCUT2D eigenvalue weighted by Gasteiger charge is -2.10. The molecule has 1 aromatic carbocycles. The van der Waals surface area contributed by atoms with Crippen LogP contribution in [0.25, 0.3) is 11.3 Å². The highest BCUT2D eigenvalue weighted by atomic mass is 35.5. The van der Waals surface area contributed by atoms with Crippen LogP contribution in [0.3, 0.4) is 0 Å². The fraction of sp³-hybridized carbons (Fsp3) is 0.667. The zero-order valence-corrected chi connectivity index (χ0v) is 24.1. The van der Waals surface area contributed by atoms with Crippen LogP contribution < -0.4 is 4.74 Å². The maximum absolute atomic E-state index is 6.53. The fourth-order valence-electron chi connectivity index (χ4n) is 4.75. The number of aromatic nitrogens is 1. The molecule has 1 heterocycles. The van der Waals surface area contributed by atoms with Gasteiger partial charge >= 0.3 is 0 Å². The Morgan fingerprint density at radius 1 is 0.639 bits per heavy atom. The third-order valence-electron chi connectivity index (χ3n) is 7.13. The highest BCUT2D eigenvalue weighted by Gasteiger charge is 2.06. The summed E-state index contributed by atoms with van der Waals surface area (Å²) >= 11 is 6.53. The average molecular weight is 514 g/mol. The van der Waals surface area contributed by atoms with E-state index < -0.39 is 0 Å². The van der Waals surface area contributed by atoms with Crippen LogP contribution in [0, 0.1) is 0 Å². The van der Waals surface area contributed by atoms with Gasteiger partial charge in [-0.05, 0) is 49.1 Å². The highest BCUT2D eigenvalue weighted by Crippen LogP contribution is 2.30. The molecule has 202 valence electrons. The molecule has 2 aromatic rings. The van der Waals surface area contributed by atoms with Crippen LogP contribution in [-0.2, 0) is 6.42 Å². The van der Waals surface area contributed by atoms with E-state index in [-0.39, 0.29) is 0 Å². The van der Waals surface area contributed by atoms with Crippen molar-refractivity contribution >= 4 is 11.6 Å². The second kappa shape index (κ2) is 20.5. The fourth-order valence-corrected chi connectivity index (χ4v) is 4.99. The van der Waals surface area contributed by atoms with Gasteiger partial charge in [-0.15, -0.1) is 0 Å². The van der Waals surface area contributed by atoms with E-state index >= 15 is 0 Å². The van der Waals surface area contributed by atoms with Gasteiger partial charge in [0.1, 0.15) is 5.75 Å². The van der Waals surface area contributed by atoms with Crippen LogP contribution >= 0.6 is 11.6 Å². The first-order valence-corrected chi connectivity index (χ1v) is 15.5. The molecule has 0 fully saturated rings. The van der Waals surface area contributed by atoms with Crippen molar-refractivity contribution in [1.82, 2.24) is 4.98 Å². The Labute approximate surface area is 227 Å². The number of unbranched alkanes of at least 4 members (excludes halogenated alkanes) is 16. The molecule has 0 aliphatic carbocycles. The Morgan fingerprint density at radius 3 is 1.72 bits per heavy atom. The summed E-state index contributed by atoms with van der Waals surface area (Å²) in [6.45, 7) is 5.29. The molecule has 0 bridgehead atoms. The molecule has 0 saturated carbocycles. The number of aryl methyl sites for hydroxylation is 1. The minimum absolute atomic E-state index is 0.671. The van der Waals surface area contributed by atoms with Crippen molar-refractivity contribution in [3.05, 3.63) is 47.1 Å². The highest BCUT2D eigenvalue weighted by molar-refractivity contribution is 6.32. The molecular formula is C33H52ClNO. The molecule has 36 heavy (non-hydrogen) atoms. The van der Waals surface area contributed by atoms with E-state index in [1.807, 2.05) is 18.3 Å². The van der Waals surface area contributed by atoms with Gasteiger partial charge in [-0.3, -0.25) is 4.98 Å². The molecular weight excluding hydrogens is 462 g/mol. The molecule has 3 heteroatoms. The lowest BCUT2D eigenvalue weighted by atomic mass is 10.0. The summed E-state index contributed by atoms with van der Waals surface area (Å²) in [6, 6.07) is 10.4. The van der Waals surface area contributed by atoms with Crippen LogP contribution in [0.5, 0.6) is 5.75 Å². The Hall–Kier alpha value is -1.54. The standard InChI is InChI=1S/C33H52ClNO/c1-3-5-7-9-11-12-13-14-16-18-20-26-36-33-25-23-30(27-31(33)34)32-24-22-29(28-35-32)21-19-17-15-10-8-6-4-2/h22-25,27-28H,3-21,26H2,1-2H3. The van der Waals surface area contributed by atoms with Crippen molar-refractivity contribution < 1.29 is 4.74 Å². The minimum Gasteiger partial charge on any atom is -0.492 e. The molecule has 0 spiro atoms. The number of pyridine rings is 1. The SMILES string of the molecule is CCCCCCCCCCCCCOc1ccc(-c2ccc(CCCCCCCCC)cn2)cc1Cl. The maximum atomic E-state index is 6.53. The van der Waals surface area contributed by atoms with E-state index in [0.717, 1.165) is 36.5 Å². The van der Waals surface area contributed by atoms with Gasteiger partial charge in [0.25, 0.3) is 0 Å². The van der Waals surface area contributed by atoms with Gasteiger partial charge < -0.3 is 4.74 Å². The summed E-state index contributed by atoms with van der Waals surface area (Å²) in [5.41, 5.74) is 3.34. The van der Waals surface area contributed by atoms with E-state index in [0.29, 0.717) is 5.02 Å². The summed E-state index contributed by atoms with van der Waals surface area (Å²) in [5.74, 6) is 0.781. The van der Waals surface area contributed by atoms with E-state index in [2.05, 4.69) is 32.0 Å². The zero-order valence-electron chi connectivity index (χ0n) is 23.3. The van der Waals surface area contributed by atoms with Gasteiger partial charge in [0.2, 0.25) is 0 Å². The predicted octanol–water partition coefficient (Wildman–Crippen LogP) is 11.4. The van der Waals surface area contributed by atoms with Crippen LogP contribution in [-0.4, -0.2) is 11.6 Å². The van der Waals surface area contributed by atoms with E-state index in [1.54, 1.807) is 0 Å². The first-order valence-electron chi connectivity index (χ1n) is 15.1. The zero-order chi connectivity index (χ0) is 25.7. The second-order valence-corrected chi connectivity index (χ2v) is 10.9. The third kappa shape index (κ3) is 13.7. The quantitative estimate of drug-likeness (QED) is 0.146. The molecule has 0 amide bonds. The predicted molar refractivity (Wildman–Crippen MR) is 158 cm³/mol. The summed E-state index contributed by atoms with van der Waals surface area (Å²) < 4.78 is 5.96. The summed E-state index contributed by atoms with van der Waals surface area (Å²) in [5, 5.41) is 0.671. The number of rotatable bonds is 22. The van der Waals surface area contributed by atoms with Gasteiger partial charge in [0, 0.05) is 11.8 Å². The van der Waals surface area contributed by atoms with Crippen LogP contribution in [0.2, 0.25) is 5.02 Å². The summed E-state index contributed by atoms with van der Waals surface area (Å²) in [6.07, 6.45) is 27.3. The van der Waals surface area contributed by atoms with Crippen molar-refractivity contribution in [2.45, 2.75) is 136 Å². The van der Waals surface area contributed by atoms with Crippen molar-refractivity contribution in [2.75, 3.05) is 6.61 Å². The largest absolute Gasteiger partial charge is 0.492 e. The molecule has 1 aromatic heterocycles. The third-order valence-corrected chi connectivity index (χ3v) is 7.42. The Morgan fingerprint density at radius 2 is 1.19 bits per heavy atom. The van der Waals surface area contributed by atoms with E-state index in [1.165, 1.54) is 115 Å². The van der Waals surface area contributed by atoms with Gasteiger partial charge in [0.15, 0.2) is 0 Å². The van der Waals surface area contributed by atoms with Gasteiger partial charge in [-0.25, -0.2) is 0 Å².